The van der Waals surface area contributed by atoms with Gasteiger partial charge in [0.05, 0.1) is 0 Å². The van der Waals surface area contributed by atoms with E-state index in [1.165, 1.54) is 0 Å². The van der Waals surface area contributed by atoms with Gasteiger partial charge in [-0.1, -0.05) is 0 Å². The molecule has 0 unspecified atom stereocenters. The van der Waals surface area contributed by atoms with E-state index in [-0.39, 0.29) is 12.6 Å². The van der Waals surface area contributed by atoms with Gasteiger partial charge in [0.15, 0.2) is 0 Å². The largest absolute Gasteiger partial charge is 0.339 e. The molecule has 1 rings (SSSR count). The number of rotatable bonds is 4. The second kappa shape index (κ2) is 11.2. The van der Waals surface area contributed by atoms with Crippen LogP contribution in [-0.2, 0) is 9.13 Å². The summed E-state index contributed by atoms with van der Waals surface area (Å²) in [6, 6.07) is 0. The molecule has 4 N–H and O–H groups in total. The smallest absolute Gasteiger partial charge is 0.324 e. The van der Waals surface area contributed by atoms with Crippen molar-refractivity contribution in [2.45, 2.75) is 12.8 Å². The van der Waals surface area contributed by atoms with Crippen molar-refractivity contribution >= 4 is 15.2 Å². The average molecular weight is 416 g/mol. The molecular formula is C14H34N4O6P2. The van der Waals surface area contributed by atoms with E-state index in [0.717, 1.165) is 25.9 Å². The summed E-state index contributed by atoms with van der Waals surface area (Å²) >= 11 is 0. The highest BCUT2D eigenvalue weighted by molar-refractivity contribution is 7.51. The Morgan fingerprint density at radius 2 is 0.962 bits per heavy atom. The molecule has 10 nitrogen and oxygen atoms in total. The fourth-order valence-corrected chi connectivity index (χ4v) is 4.61. The van der Waals surface area contributed by atoms with E-state index < -0.39 is 15.2 Å². The summed E-state index contributed by atoms with van der Waals surface area (Å²) in [6.45, 7) is 5.27. The maximum absolute atomic E-state index is 11.3. The van der Waals surface area contributed by atoms with Crippen molar-refractivity contribution in [1.29, 1.82) is 0 Å². The topological polar surface area (TPSA) is 128 Å². The Bertz CT molecular complexity index is 456. The molecule has 0 aliphatic carbocycles. The zero-order chi connectivity index (χ0) is 19.8. The second-order valence-corrected chi connectivity index (χ2v) is 10.4. The molecule has 1 fully saturated rings. The third-order valence-corrected chi connectivity index (χ3v) is 5.93. The first-order chi connectivity index (χ1) is 11.9. The van der Waals surface area contributed by atoms with E-state index in [2.05, 4.69) is 9.80 Å². The molecule has 1 aliphatic rings. The summed E-state index contributed by atoms with van der Waals surface area (Å²) in [5.41, 5.74) is 0. The summed E-state index contributed by atoms with van der Waals surface area (Å²) in [6.07, 6.45) is 1.11. The fourth-order valence-electron chi connectivity index (χ4n) is 3.00. The maximum atomic E-state index is 11.3. The van der Waals surface area contributed by atoms with Crippen LogP contribution in [0.1, 0.15) is 12.8 Å². The minimum Gasteiger partial charge on any atom is -0.324 e. The quantitative estimate of drug-likeness (QED) is 0.446. The van der Waals surface area contributed by atoms with Crippen molar-refractivity contribution in [3.05, 3.63) is 0 Å². The lowest BCUT2D eigenvalue weighted by Gasteiger charge is -2.29. The highest BCUT2D eigenvalue weighted by atomic mass is 31.2. The molecule has 0 atom stereocenters. The Morgan fingerprint density at radius 3 is 1.27 bits per heavy atom. The Morgan fingerprint density at radius 1 is 0.615 bits per heavy atom. The Hall–Kier alpha value is 0.140. The zero-order valence-corrected chi connectivity index (χ0v) is 17.6. The van der Waals surface area contributed by atoms with Gasteiger partial charge in [-0.05, 0) is 40.0 Å². The molecule has 0 amide bonds. The minimum absolute atomic E-state index is 0.222. The first kappa shape index (κ1) is 24.2. The van der Waals surface area contributed by atoms with E-state index in [1.54, 1.807) is 0 Å². The van der Waals surface area contributed by atoms with Crippen molar-refractivity contribution in [2.75, 3.05) is 79.0 Å². The van der Waals surface area contributed by atoms with Crippen LogP contribution in [0.2, 0.25) is 0 Å². The van der Waals surface area contributed by atoms with Crippen molar-refractivity contribution in [1.82, 2.24) is 19.6 Å². The molecule has 156 valence electrons. The summed E-state index contributed by atoms with van der Waals surface area (Å²) in [7, 11) is -4.26. The standard InChI is InChI=1S/C14H34N4O6P2/c1-15-5-3-7-18(14-26(22,23)24)12-10-16(2)6-4-8-17(11-9-15)13-25(19,20)21/h3-14H2,1-2H3,(H2,19,20,21)(H2,22,23,24). The van der Waals surface area contributed by atoms with Crippen LogP contribution in [0.5, 0.6) is 0 Å². The summed E-state index contributed by atoms with van der Waals surface area (Å²) < 4.78 is 22.7. The van der Waals surface area contributed by atoms with Gasteiger partial charge in [-0.25, -0.2) is 0 Å². The predicted octanol–water partition coefficient (Wildman–Crippen LogP) is -0.482. The zero-order valence-electron chi connectivity index (χ0n) is 15.8. The number of hydrogen-bond donors (Lipinski definition) is 4. The molecule has 12 heteroatoms. The average Bonchev–Trinajstić information content (AvgIpc) is 2.46. The molecule has 1 heterocycles. The van der Waals surface area contributed by atoms with Gasteiger partial charge in [0.25, 0.3) is 0 Å². The second-order valence-electron chi connectivity index (χ2n) is 7.16. The molecule has 0 bridgehead atoms. The molecule has 26 heavy (non-hydrogen) atoms. The lowest BCUT2D eigenvalue weighted by atomic mass is 10.3. The van der Waals surface area contributed by atoms with E-state index >= 15 is 0 Å². The van der Waals surface area contributed by atoms with Crippen LogP contribution in [0.4, 0.5) is 0 Å². The monoisotopic (exact) mass is 416 g/mol. The molecule has 1 saturated heterocycles. The van der Waals surface area contributed by atoms with Crippen molar-refractivity contribution in [3.63, 3.8) is 0 Å². The van der Waals surface area contributed by atoms with Gasteiger partial charge >= 0.3 is 15.2 Å². The van der Waals surface area contributed by atoms with Gasteiger partial charge < -0.3 is 29.4 Å². The first-order valence-electron chi connectivity index (χ1n) is 8.85. The van der Waals surface area contributed by atoms with Crippen LogP contribution < -0.4 is 0 Å². The Kier molecular flexibility index (Phi) is 10.4. The molecule has 0 aromatic heterocycles. The van der Waals surface area contributed by atoms with Crippen molar-refractivity contribution in [2.24, 2.45) is 0 Å². The van der Waals surface area contributed by atoms with Gasteiger partial charge in [-0.2, -0.15) is 0 Å². The van der Waals surface area contributed by atoms with Crippen LogP contribution in [0, 0.1) is 0 Å². The van der Waals surface area contributed by atoms with Crippen LogP contribution in [-0.4, -0.2) is 118 Å². The van der Waals surface area contributed by atoms with Gasteiger partial charge in [0.2, 0.25) is 0 Å². The van der Waals surface area contributed by atoms with E-state index in [4.69, 9.17) is 0 Å². The lowest BCUT2D eigenvalue weighted by Crippen LogP contribution is -2.39. The number of hydrogen-bond acceptors (Lipinski definition) is 6. The van der Waals surface area contributed by atoms with E-state index in [0.29, 0.717) is 39.3 Å². The summed E-state index contributed by atoms with van der Waals surface area (Å²) in [5.74, 6) is 0. The molecule has 1 aliphatic heterocycles. The van der Waals surface area contributed by atoms with Crippen LogP contribution in [0.3, 0.4) is 0 Å². The van der Waals surface area contributed by atoms with Crippen molar-refractivity contribution < 1.29 is 28.7 Å². The third kappa shape index (κ3) is 12.5. The molecule has 0 aromatic rings. The highest BCUT2D eigenvalue weighted by Gasteiger charge is 2.21. The molecule has 0 aromatic carbocycles. The number of nitrogens with zero attached hydrogens (tertiary/aromatic N) is 4. The number of likely N-dealkylation sites (N-methyl/N-ethyl adjacent to an activating group) is 2. The molecule has 0 radical (unpaired) electrons. The Balaban J connectivity index is 2.66. The highest BCUT2D eigenvalue weighted by Crippen LogP contribution is 2.35. The third-order valence-electron chi connectivity index (χ3n) is 4.39. The lowest BCUT2D eigenvalue weighted by molar-refractivity contribution is 0.188. The van der Waals surface area contributed by atoms with E-state index in [9.17, 15) is 28.7 Å². The predicted molar refractivity (Wildman–Crippen MR) is 101 cm³/mol. The van der Waals surface area contributed by atoms with Gasteiger partial charge in [-0.15, -0.1) is 0 Å². The maximum Gasteiger partial charge on any atom is 0.339 e. The van der Waals surface area contributed by atoms with Crippen LogP contribution in [0.15, 0.2) is 0 Å². The van der Waals surface area contributed by atoms with Crippen molar-refractivity contribution in [3.8, 4) is 0 Å². The summed E-state index contributed by atoms with van der Waals surface area (Å²) in [5, 5.41) is 0. The fraction of sp³-hybridized carbons (Fsp3) is 1.00. The van der Waals surface area contributed by atoms with E-state index in [1.807, 2.05) is 23.9 Å². The summed E-state index contributed by atoms with van der Waals surface area (Å²) in [4.78, 5) is 44.8. The SMILES string of the molecule is CN1CCCN(CP(=O)(O)O)CCN(C)CCCN(CP(=O)(O)O)CC1. The molecule has 0 saturated carbocycles. The van der Waals surface area contributed by atoms with Crippen LogP contribution in [0.25, 0.3) is 0 Å². The minimum atomic E-state index is -4.08. The Labute approximate surface area is 156 Å². The van der Waals surface area contributed by atoms with Gasteiger partial charge in [-0.3, -0.25) is 18.9 Å². The first-order valence-corrected chi connectivity index (χ1v) is 12.4. The molecule has 0 spiro atoms. The van der Waals surface area contributed by atoms with Gasteiger partial charge in [0.1, 0.15) is 12.6 Å². The normalized spacial score (nSPS) is 23.0. The van der Waals surface area contributed by atoms with Gasteiger partial charge in [0, 0.05) is 39.3 Å². The molecular weight excluding hydrogens is 382 g/mol. The van der Waals surface area contributed by atoms with Crippen LogP contribution >= 0.6 is 15.2 Å².